The fourth-order valence-corrected chi connectivity index (χ4v) is 7.81. The van der Waals surface area contributed by atoms with Gasteiger partial charge < -0.3 is 25.3 Å². The monoisotopic (exact) mass is 480 g/mol. The number of amides is 1. The van der Waals surface area contributed by atoms with E-state index < -0.39 is 24.4 Å². The number of carbonyl (C=O) groups is 1. The maximum Gasteiger partial charge on any atom is 0.228 e. The second kappa shape index (κ2) is 10.7. The minimum atomic E-state index is -1.20. The number of rotatable bonds is 9. The third kappa shape index (κ3) is 5.49. The Bertz CT molecular complexity index is 667. The van der Waals surface area contributed by atoms with Crippen molar-refractivity contribution in [2.45, 2.75) is 109 Å². The maximum absolute atomic E-state index is 13.5. The van der Waals surface area contributed by atoms with Gasteiger partial charge in [0.25, 0.3) is 0 Å². The Hall–Kier alpha value is -0.730. The second-order valence-electron chi connectivity index (χ2n) is 12.9. The van der Waals surface area contributed by atoms with Crippen LogP contribution in [0, 0.1) is 29.1 Å². The van der Waals surface area contributed by atoms with Crippen molar-refractivity contribution in [3.63, 3.8) is 0 Å². The van der Waals surface area contributed by atoms with Gasteiger partial charge in [-0.3, -0.25) is 9.69 Å². The van der Waals surface area contributed by atoms with Crippen LogP contribution in [-0.2, 0) is 4.79 Å². The third-order valence-corrected chi connectivity index (χ3v) is 9.25. The van der Waals surface area contributed by atoms with E-state index in [0.29, 0.717) is 30.3 Å². The molecule has 0 aromatic carbocycles. The van der Waals surface area contributed by atoms with Gasteiger partial charge in [0, 0.05) is 24.5 Å². The van der Waals surface area contributed by atoms with Crippen molar-refractivity contribution in [3.05, 3.63) is 0 Å². The van der Waals surface area contributed by atoms with E-state index in [2.05, 4.69) is 4.90 Å². The maximum atomic E-state index is 13.5. The number of aliphatic hydroxyl groups excluding tert-OH is 4. The summed E-state index contributed by atoms with van der Waals surface area (Å²) in [5, 5.41) is 39.7. The predicted molar refractivity (Wildman–Crippen MR) is 131 cm³/mol. The van der Waals surface area contributed by atoms with Crippen LogP contribution < -0.4 is 0 Å². The highest BCUT2D eigenvalue weighted by molar-refractivity contribution is 5.82. The van der Waals surface area contributed by atoms with Crippen molar-refractivity contribution in [1.82, 2.24) is 9.80 Å². The molecular formula is C27H48N2O5. The molecule has 0 aromatic heterocycles. The van der Waals surface area contributed by atoms with Gasteiger partial charge in [-0.25, -0.2) is 0 Å². The van der Waals surface area contributed by atoms with Crippen molar-refractivity contribution in [3.8, 4) is 0 Å². The zero-order valence-electron chi connectivity index (χ0n) is 21.5. The summed E-state index contributed by atoms with van der Waals surface area (Å²) in [7, 11) is 0. The zero-order chi connectivity index (χ0) is 24.6. The molecule has 196 valence electrons. The van der Waals surface area contributed by atoms with Crippen LogP contribution in [0.3, 0.4) is 0 Å². The van der Waals surface area contributed by atoms with Gasteiger partial charge in [0.05, 0.1) is 18.8 Å². The lowest BCUT2D eigenvalue weighted by molar-refractivity contribution is -0.152. The Labute approximate surface area is 205 Å². The molecule has 4 bridgehead atoms. The van der Waals surface area contributed by atoms with Gasteiger partial charge in [-0.15, -0.1) is 0 Å². The Balaban J connectivity index is 1.27. The van der Waals surface area contributed by atoms with Crippen LogP contribution in [-0.4, -0.2) is 92.8 Å². The van der Waals surface area contributed by atoms with Crippen molar-refractivity contribution >= 4 is 5.91 Å². The quantitative estimate of drug-likeness (QED) is 0.376. The minimum Gasteiger partial charge on any atom is -0.395 e. The van der Waals surface area contributed by atoms with Gasteiger partial charge in [0.2, 0.25) is 5.91 Å². The SMILES string of the molecule is CC(C)(C)C(=O)N(CCCCCCN1C[C@H](O)[C@@H](O)[C@H](O)[C@H]1CO)C1C2CC3CC(C2)CC1C3. The van der Waals surface area contributed by atoms with E-state index >= 15 is 0 Å². The number of nitrogens with zero attached hydrogens (tertiary/aromatic N) is 2. The van der Waals surface area contributed by atoms with E-state index in [9.17, 15) is 25.2 Å². The van der Waals surface area contributed by atoms with Crippen LogP contribution in [0.15, 0.2) is 0 Å². The van der Waals surface area contributed by atoms with Gasteiger partial charge in [-0.1, -0.05) is 33.6 Å². The first-order chi connectivity index (χ1) is 16.1. The number of β-amino-alcohol motifs (C(OH)–C–C–N with tert-alkyl or cyclic N) is 1. The van der Waals surface area contributed by atoms with E-state index in [4.69, 9.17) is 0 Å². The van der Waals surface area contributed by atoms with Crippen LogP contribution in [0.2, 0.25) is 0 Å². The number of piperidine rings is 1. The van der Waals surface area contributed by atoms with Gasteiger partial charge in [-0.05, 0) is 75.2 Å². The van der Waals surface area contributed by atoms with E-state index in [-0.39, 0.29) is 18.6 Å². The molecule has 0 aromatic rings. The van der Waals surface area contributed by atoms with Crippen molar-refractivity contribution < 1.29 is 25.2 Å². The molecule has 0 radical (unpaired) electrons. The van der Waals surface area contributed by atoms with Gasteiger partial charge in [0.15, 0.2) is 0 Å². The molecule has 1 heterocycles. The molecule has 4 saturated carbocycles. The lowest BCUT2D eigenvalue weighted by Gasteiger charge is -2.57. The lowest BCUT2D eigenvalue weighted by Crippen LogP contribution is -2.62. The number of aliphatic hydroxyl groups is 4. The van der Waals surface area contributed by atoms with E-state index in [1.165, 1.54) is 32.1 Å². The molecular weight excluding hydrogens is 432 g/mol. The third-order valence-electron chi connectivity index (χ3n) is 9.25. The van der Waals surface area contributed by atoms with Crippen LogP contribution in [0.25, 0.3) is 0 Å². The summed E-state index contributed by atoms with van der Waals surface area (Å²) in [6.07, 6.45) is 7.31. The number of hydrogen-bond donors (Lipinski definition) is 4. The summed E-state index contributed by atoms with van der Waals surface area (Å²) in [5.41, 5.74) is -0.353. The standard InChI is InChI=1S/C27H48N2O5/c1-27(2,3)26(34)29(23-19-11-17-10-18(13-19)14-20(23)12-17)9-7-5-4-6-8-28-15-22(31)25(33)24(32)21(28)16-30/h17-25,30-33H,4-16H2,1-3H3/t17?,18?,19?,20?,21-,22+,23?,24-,25-/m1/s1. The largest absolute Gasteiger partial charge is 0.395 e. The normalized spacial score (nSPS) is 40.0. The Morgan fingerprint density at radius 2 is 1.47 bits per heavy atom. The van der Waals surface area contributed by atoms with Crippen molar-refractivity contribution in [2.75, 3.05) is 26.2 Å². The molecule has 1 aliphatic heterocycles. The van der Waals surface area contributed by atoms with Crippen LogP contribution in [0.4, 0.5) is 0 Å². The molecule has 34 heavy (non-hydrogen) atoms. The fraction of sp³-hybridized carbons (Fsp3) is 0.963. The highest BCUT2D eigenvalue weighted by atomic mass is 16.4. The Morgan fingerprint density at radius 3 is 2.03 bits per heavy atom. The van der Waals surface area contributed by atoms with Crippen molar-refractivity contribution in [1.29, 1.82) is 0 Å². The first kappa shape index (κ1) is 26.3. The first-order valence-corrected chi connectivity index (χ1v) is 13.8. The molecule has 5 fully saturated rings. The van der Waals surface area contributed by atoms with E-state index in [0.717, 1.165) is 44.1 Å². The molecule has 4 N–H and O–H groups in total. The molecule has 7 heteroatoms. The molecule has 1 amide bonds. The van der Waals surface area contributed by atoms with Crippen LogP contribution in [0.1, 0.15) is 78.6 Å². The van der Waals surface area contributed by atoms with E-state index in [1.54, 1.807) is 0 Å². The predicted octanol–water partition coefficient (Wildman–Crippen LogP) is 2.01. The molecule has 0 spiro atoms. The number of unbranched alkanes of at least 4 members (excludes halogenated alkanes) is 3. The molecule has 4 aliphatic carbocycles. The van der Waals surface area contributed by atoms with Crippen LogP contribution in [0.5, 0.6) is 0 Å². The topological polar surface area (TPSA) is 104 Å². The molecule has 1 saturated heterocycles. The summed E-state index contributed by atoms with van der Waals surface area (Å²) in [4.78, 5) is 17.7. The van der Waals surface area contributed by atoms with Crippen molar-refractivity contribution in [2.24, 2.45) is 29.1 Å². The number of carbonyl (C=O) groups excluding carboxylic acids is 1. The highest BCUT2D eigenvalue weighted by Crippen LogP contribution is 2.55. The number of likely N-dealkylation sites (tertiary alicyclic amines) is 1. The average molecular weight is 481 g/mol. The Morgan fingerprint density at radius 1 is 0.882 bits per heavy atom. The molecule has 5 aliphatic rings. The summed E-state index contributed by atoms with van der Waals surface area (Å²) in [6.45, 7) is 7.70. The average Bonchev–Trinajstić information content (AvgIpc) is 2.76. The highest BCUT2D eigenvalue weighted by Gasteiger charge is 2.51. The summed E-state index contributed by atoms with van der Waals surface area (Å²) >= 11 is 0. The summed E-state index contributed by atoms with van der Waals surface area (Å²) < 4.78 is 0. The van der Waals surface area contributed by atoms with Crippen LogP contribution >= 0.6 is 0 Å². The zero-order valence-corrected chi connectivity index (χ0v) is 21.5. The van der Waals surface area contributed by atoms with E-state index in [1.807, 2.05) is 25.7 Å². The summed E-state index contributed by atoms with van der Waals surface area (Å²) in [5.74, 6) is 3.52. The Kier molecular flexibility index (Phi) is 8.30. The molecule has 0 unspecified atom stereocenters. The minimum absolute atomic E-state index is 0.236. The molecule has 4 atom stereocenters. The fourth-order valence-electron chi connectivity index (χ4n) is 7.81. The van der Waals surface area contributed by atoms with Gasteiger partial charge >= 0.3 is 0 Å². The van der Waals surface area contributed by atoms with Gasteiger partial charge in [-0.2, -0.15) is 0 Å². The van der Waals surface area contributed by atoms with Gasteiger partial charge in [0.1, 0.15) is 12.2 Å². The molecule has 5 rings (SSSR count). The first-order valence-electron chi connectivity index (χ1n) is 13.8. The number of hydrogen-bond acceptors (Lipinski definition) is 6. The molecule has 7 nitrogen and oxygen atoms in total. The smallest absolute Gasteiger partial charge is 0.228 e. The second-order valence-corrected chi connectivity index (χ2v) is 12.9. The summed E-state index contributed by atoms with van der Waals surface area (Å²) in [6, 6.07) is -0.0946. The lowest BCUT2D eigenvalue weighted by atomic mass is 9.53.